The fraction of sp³-hybridized carbons (Fsp3) is 0.333. The molecule has 0 radical (unpaired) electrons. The molecule has 1 aromatic rings. The fourth-order valence-corrected chi connectivity index (χ4v) is 1.11. The molecule has 2 unspecified atom stereocenters. The van der Waals surface area contributed by atoms with Crippen LogP contribution in [0.1, 0.15) is 18.6 Å². The van der Waals surface area contributed by atoms with Gasteiger partial charge in [0, 0.05) is 11.6 Å². The Morgan fingerprint density at radius 2 is 1.80 bits per heavy atom. The Labute approximate surface area is 84.0 Å². The Balaban J connectivity index is 3.32. The number of halogens is 3. The van der Waals surface area contributed by atoms with E-state index in [1.807, 2.05) is 0 Å². The molecule has 0 aliphatic rings. The van der Waals surface area contributed by atoms with Gasteiger partial charge >= 0.3 is 0 Å². The predicted molar refractivity (Wildman–Crippen MR) is 46.6 cm³/mol. The lowest BCUT2D eigenvalue weighted by molar-refractivity contribution is 0.148. The molecule has 0 amide bonds. The summed E-state index contributed by atoms with van der Waals surface area (Å²) in [6.45, 7) is 1.38. The molecule has 15 heavy (non-hydrogen) atoms. The highest BCUT2D eigenvalue weighted by Crippen LogP contribution is 2.31. The van der Waals surface area contributed by atoms with Crippen LogP contribution in [0.15, 0.2) is 6.07 Å². The molecule has 0 aliphatic heterocycles. The van der Waals surface area contributed by atoms with Gasteiger partial charge in [-0.15, -0.1) is 0 Å². The molecule has 0 spiro atoms. The first kappa shape index (κ1) is 11.8. The number of hydrogen-bond acceptors (Lipinski definition) is 3. The number of nitrogens with two attached hydrogens (primary N) is 1. The smallest absolute Gasteiger partial charge is 0.203 e. The first-order valence-corrected chi connectivity index (χ1v) is 4.16. The lowest BCUT2D eigenvalue weighted by atomic mass is 10.0. The minimum absolute atomic E-state index is 0.471. The highest BCUT2D eigenvalue weighted by Gasteiger charge is 2.24. The number of phenolic OH excluding ortho intramolecular Hbond substituents is 1. The highest BCUT2D eigenvalue weighted by molar-refractivity contribution is 5.37. The topological polar surface area (TPSA) is 66.5 Å². The van der Waals surface area contributed by atoms with Crippen LogP contribution in [0.5, 0.6) is 5.75 Å². The van der Waals surface area contributed by atoms with Crippen LogP contribution in [0.25, 0.3) is 0 Å². The number of benzene rings is 1. The third kappa shape index (κ3) is 2.05. The third-order valence-electron chi connectivity index (χ3n) is 1.98. The second kappa shape index (κ2) is 4.08. The minimum Gasteiger partial charge on any atom is -0.504 e. The lowest BCUT2D eigenvalue weighted by Crippen LogP contribution is -2.24. The summed E-state index contributed by atoms with van der Waals surface area (Å²) >= 11 is 0. The Morgan fingerprint density at radius 1 is 1.27 bits per heavy atom. The summed E-state index contributed by atoms with van der Waals surface area (Å²) in [5.74, 6) is -6.13. The molecule has 0 aliphatic carbocycles. The molecule has 2 atom stereocenters. The zero-order chi connectivity index (χ0) is 11.7. The van der Waals surface area contributed by atoms with E-state index in [9.17, 15) is 18.3 Å². The number of rotatable bonds is 2. The second-order valence-corrected chi connectivity index (χ2v) is 3.23. The number of aliphatic hydroxyl groups is 1. The van der Waals surface area contributed by atoms with Gasteiger partial charge in [-0.05, 0) is 13.0 Å². The minimum atomic E-state index is -1.78. The van der Waals surface area contributed by atoms with E-state index in [1.54, 1.807) is 0 Å². The van der Waals surface area contributed by atoms with Crippen molar-refractivity contribution in [2.45, 2.75) is 19.1 Å². The highest BCUT2D eigenvalue weighted by atomic mass is 19.2. The first-order valence-electron chi connectivity index (χ1n) is 4.16. The zero-order valence-corrected chi connectivity index (χ0v) is 7.84. The molecule has 6 heteroatoms. The number of phenols is 1. The van der Waals surface area contributed by atoms with Crippen molar-refractivity contribution in [2.75, 3.05) is 0 Å². The maximum absolute atomic E-state index is 12.9. The summed E-state index contributed by atoms with van der Waals surface area (Å²) in [6.07, 6.45) is -1.46. The molecular formula is C9H10F3NO2. The summed E-state index contributed by atoms with van der Waals surface area (Å²) in [4.78, 5) is 0. The van der Waals surface area contributed by atoms with Gasteiger partial charge in [0.25, 0.3) is 0 Å². The van der Waals surface area contributed by atoms with Gasteiger partial charge < -0.3 is 15.9 Å². The monoisotopic (exact) mass is 221 g/mol. The molecule has 0 aromatic heterocycles. The van der Waals surface area contributed by atoms with E-state index in [4.69, 9.17) is 10.8 Å². The van der Waals surface area contributed by atoms with Crippen LogP contribution in [-0.4, -0.2) is 16.3 Å². The molecule has 4 N–H and O–H groups in total. The van der Waals surface area contributed by atoms with Gasteiger partial charge in [-0.2, -0.15) is 4.39 Å². The van der Waals surface area contributed by atoms with Crippen LogP contribution in [0.4, 0.5) is 13.2 Å². The molecule has 3 nitrogen and oxygen atoms in total. The van der Waals surface area contributed by atoms with E-state index in [-0.39, 0.29) is 0 Å². The van der Waals surface area contributed by atoms with Crippen LogP contribution in [0.2, 0.25) is 0 Å². The van der Waals surface area contributed by atoms with Gasteiger partial charge in [-0.1, -0.05) is 0 Å². The van der Waals surface area contributed by atoms with Crippen molar-refractivity contribution in [3.05, 3.63) is 29.1 Å². The molecule has 0 saturated heterocycles. The van der Waals surface area contributed by atoms with E-state index in [0.717, 1.165) is 0 Å². The summed E-state index contributed by atoms with van der Waals surface area (Å²) in [5.41, 5.74) is 4.80. The molecule has 84 valence electrons. The van der Waals surface area contributed by atoms with E-state index in [0.29, 0.717) is 6.07 Å². The molecule has 0 fully saturated rings. The molecule has 1 rings (SSSR count). The van der Waals surface area contributed by atoms with Crippen LogP contribution < -0.4 is 5.73 Å². The third-order valence-corrected chi connectivity index (χ3v) is 1.98. The number of aromatic hydroxyl groups is 1. The Bertz CT molecular complexity index is 382. The van der Waals surface area contributed by atoms with Gasteiger partial charge in [0.15, 0.2) is 17.4 Å². The standard InChI is InChI=1S/C9H10F3NO2/c1-3(13)8(14)4-2-5(10)6(11)7(12)9(4)15/h2-3,8,14-15H,13H2,1H3. The van der Waals surface area contributed by atoms with Gasteiger partial charge in [0.2, 0.25) is 5.82 Å². The van der Waals surface area contributed by atoms with Gasteiger partial charge in [0.05, 0.1) is 6.10 Å². The van der Waals surface area contributed by atoms with Crippen LogP contribution in [-0.2, 0) is 0 Å². The SMILES string of the molecule is CC(N)C(O)c1cc(F)c(F)c(F)c1O. The van der Waals surface area contributed by atoms with E-state index < -0.39 is 40.9 Å². The number of hydrogen-bond donors (Lipinski definition) is 3. The van der Waals surface area contributed by atoms with E-state index >= 15 is 0 Å². The summed E-state index contributed by atoms with van der Waals surface area (Å²) in [7, 11) is 0. The molecule has 0 saturated carbocycles. The van der Waals surface area contributed by atoms with Gasteiger partial charge in [-0.3, -0.25) is 0 Å². The van der Waals surface area contributed by atoms with Gasteiger partial charge in [0.1, 0.15) is 0 Å². The number of aliphatic hydroxyl groups excluding tert-OH is 1. The van der Waals surface area contributed by atoms with Crippen molar-refractivity contribution >= 4 is 0 Å². The molecule has 0 bridgehead atoms. The quantitative estimate of drug-likeness (QED) is 0.657. The van der Waals surface area contributed by atoms with Crippen LogP contribution >= 0.6 is 0 Å². The second-order valence-electron chi connectivity index (χ2n) is 3.23. The summed E-state index contributed by atoms with van der Waals surface area (Å²) in [6, 6.07) is -0.331. The maximum Gasteiger partial charge on any atom is 0.203 e. The molecular weight excluding hydrogens is 211 g/mol. The van der Waals surface area contributed by atoms with Crippen molar-refractivity contribution in [3.63, 3.8) is 0 Å². The average Bonchev–Trinajstić information content (AvgIpc) is 2.19. The van der Waals surface area contributed by atoms with E-state index in [2.05, 4.69) is 0 Å². The lowest BCUT2D eigenvalue weighted by Gasteiger charge is -2.16. The van der Waals surface area contributed by atoms with E-state index in [1.165, 1.54) is 6.92 Å². The Hall–Kier alpha value is -1.27. The van der Waals surface area contributed by atoms with Crippen LogP contribution in [0.3, 0.4) is 0 Å². The molecule has 1 aromatic carbocycles. The van der Waals surface area contributed by atoms with Crippen molar-refractivity contribution in [3.8, 4) is 5.75 Å². The van der Waals surface area contributed by atoms with Crippen molar-refractivity contribution in [1.29, 1.82) is 0 Å². The molecule has 0 heterocycles. The Morgan fingerprint density at radius 3 is 2.27 bits per heavy atom. The Kier molecular flexibility index (Phi) is 3.21. The van der Waals surface area contributed by atoms with Crippen molar-refractivity contribution < 1.29 is 23.4 Å². The van der Waals surface area contributed by atoms with Crippen molar-refractivity contribution in [1.82, 2.24) is 0 Å². The summed E-state index contributed by atoms with van der Waals surface area (Å²) < 4.78 is 38.2. The average molecular weight is 221 g/mol. The fourth-order valence-electron chi connectivity index (χ4n) is 1.11. The largest absolute Gasteiger partial charge is 0.504 e. The predicted octanol–water partition coefficient (Wildman–Crippen LogP) is 1.19. The van der Waals surface area contributed by atoms with Crippen molar-refractivity contribution in [2.24, 2.45) is 5.73 Å². The normalized spacial score (nSPS) is 15.1. The summed E-state index contributed by atoms with van der Waals surface area (Å²) in [5, 5.41) is 18.5. The zero-order valence-electron chi connectivity index (χ0n) is 7.84. The van der Waals surface area contributed by atoms with Crippen LogP contribution in [0, 0.1) is 17.5 Å². The maximum atomic E-state index is 12.9. The first-order chi connectivity index (χ1) is 6.86. The van der Waals surface area contributed by atoms with Gasteiger partial charge in [-0.25, -0.2) is 8.78 Å².